The molecule has 1 aromatic rings. The number of amides is 1. The Morgan fingerprint density at radius 3 is 2.34 bits per heavy atom. The van der Waals surface area contributed by atoms with Crippen molar-refractivity contribution in [1.29, 1.82) is 0 Å². The first-order chi connectivity index (χ1) is 13.6. The van der Waals surface area contributed by atoms with E-state index in [1.807, 2.05) is 13.8 Å². The lowest BCUT2D eigenvalue weighted by atomic mass is 9.81. The number of morpholine rings is 1. The summed E-state index contributed by atoms with van der Waals surface area (Å²) < 4.78 is 33.1. The van der Waals surface area contributed by atoms with Gasteiger partial charge in [-0.2, -0.15) is 4.31 Å². The summed E-state index contributed by atoms with van der Waals surface area (Å²) in [6.45, 7) is 4.12. The minimum Gasteiger partial charge on any atom is -0.480 e. The maximum Gasteiger partial charge on any atom is 0.329 e. The van der Waals surface area contributed by atoms with E-state index in [2.05, 4.69) is 5.32 Å². The minimum absolute atomic E-state index is 0.0134. The van der Waals surface area contributed by atoms with Crippen molar-refractivity contribution in [3.05, 3.63) is 29.8 Å². The molecule has 8 nitrogen and oxygen atoms in total. The van der Waals surface area contributed by atoms with Gasteiger partial charge in [-0.3, -0.25) is 4.79 Å². The van der Waals surface area contributed by atoms with Crippen LogP contribution in [0.25, 0.3) is 0 Å². The molecule has 2 atom stereocenters. The van der Waals surface area contributed by atoms with Crippen LogP contribution in [0.2, 0.25) is 0 Å². The Morgan fingerprint density at radius 1 is 1.14 bits per heavy atom. The minimum atomic E-state index is -3.79. The van der Waals surface area contributed by atoms with Crippen molar-refractivity contribution in [3.8, 4) is 0 Å². The van der Waals surface area contributed by atoms with Crippen molar-refractivity contribution in [2.75, 3.05) is 13.1 Å². The van der Waals surface area contributed by atoms with Crippen LogP contribution in [0.5, 0.6) is 0 Å². The van der Waals surface area contributed by atoms with Gasteiger partial charge in [0.1, 0.15) is 5.54 Å². The second-order valence-electron chi connectivity index (χ2n) is 8.01. The summed E-state index contributed by atoms with van der Waals surface area (Å²) in [7, 11) is -3.79. The van der Waals surface area contributed by atoms with Crippen LogP contribution >= 0.6 is 0 Å². The fourth-order valence-electron chi connectivity index (χ4n) is 4.11. The van der Waals surface area contributed by atoms with Gasteiger partial charge in [0.05, 0.1) is 17.1 Å². The number of carbonyl (C=O) groups is 2. The lowest BCUT2D eigenvalue weighted by molar-refractivity contribution is -0.145. The summed E-state index contributed by atoms with van der Waals surface area (Å²) in [5.74, 6) is -1.62. The number of carboxylic acids is 1. The maximum absolute atomic E-state index is 13.1. The molecule has 0 radical (unpaired) electrons. The van der Waals surface area contributed by atoms with E-state index in [4.69, 9.17) is 4.74 Å². The third-order valence-electron chi connectivity index (χ3n) is 5.59. The molecule has 9 heteroatoms. The van der Waals surface area contributed by atoms with E-state index in [1.54, 1.807) is 0 Å². The molecule has 1 amide bonds. The summed E-state index contributed by atoms with van der Waals surface area (Å²) >= 11 is 0. The van der Waals surface area contributed by atoms with Gasteiger partial charge in [-0.1, -0.05) is 25.3 Å². The number of nitrogens with one attached hydrogen (secondary N) is 1. The average molecular weight is 425 g/mol. The van der Waals surface area contributed by atoms with Crippen LogP contribution in [0.4, 0.5) is 0 Å². The Hall–Kier alpha value is -1.97. The molecule has 1 heterocycles. The predicted octanol–water partition coefficient (Wildman–Crippen LogP) is 2.00. The molecule has 1 saturated carbocycles. The molecule has 0 bridgehead atoms. The number of rotatable bonds is 5. The van der Waals surface area contributed by atoms with Crippen LogP contribution < -0.4 is 5.32 Å². The van der Waals surface area contributed by atoms with Crippen molar-refractivity contribution >= 4 is 21.9 Å². The molecule has 1 aromatic carbocycles. The van der Waals surface area contributed by atoms with Gasteiger partial charge < -0.3 is 15.2 Å². The van der Waals surface area contributed by atoms with Crippen LogP contribution in [0, 0.1) is 0 Å². The summed E-state index contributed by atoms with van der Waals surface area (Å²) in [5.41, 5.74) is -1.16. The normalized spacial score (nSPS) is 25.3. The lowest BCUT2D eigenvalue weighted by Gasteiger charge is -2.34. The quantitative estimate of drug-likeness (QED) is 0.748. The monoisotopic (exact) mass is 424 g/mol. The molecule has 1 aliphatic heterocycles. The van der Waals surface area contributed by atoms with E-state index in [1.165, 1.54) is 28.6 Å². The van der Waals surface area contributed by atoms with Crippen LogP contribution in [0.15, 0.2) is 29.2 Å². The number of nitrogens with zero attached hydrogens (tertiary/aromatic N) is 1. The fourth-order valence-corrected chi connectivity index (χ4v) is 5.75. The number of benzene rings is 1. The Morgan fingerprint density at radius 2 is 1.76 bits per heavy atom. The van der Waals surface area contributed by atoms with Crippen LogP contribution in [0.1, 0.15) is 56.3 Å². The second-order valence-corrected chi connectivity index (χ2v) is 9.95. The number of ether oxygens (including phenoxy) is 1. The number of aliphatic carboxylic acids is 1. The molecule has 29 heavy (non-hydrogen) atoms. The molecule has 0 unspecified atom stereocenters. The van der Waals surface area contributed by atoms with Gasteiger partial charge in [0.2, 0.25) is 10.0 Å². The molecule has 1 saturated heterocycles. The van der Waals surface area contributed by atoms with E-state index in [0.29, 0.717) is 12.8 Å². The summed E-state index contributed by atoms with van der Waals surface area (Å²) in [6.07, 6.45) is 2.70. The number of sulfonamides is 1. The van der Waals surface area contributed by atoms with E-state index in [-0.39, 0.29) is 35.8 Å². The zero-order chi connectivity index (χ0) is 21.2. The van der Waals surface area contributed by atoms with Gasteiger partial charge in [0.15, 0.2) is 0 Å². The van der Waals surface area contributed by atoms with Gasteiger partial charge in [0, 0.05) is 18.7 Å². The van der Waals surface area contributed by atoms with Gasteiger partial charge in [0.25, 0.3) is 5.91 Å². The summed E-state index contributed by atoms with van der Waals surface area (Å²) in [6, 6.07) is 5.76. The molecule has 0 spiro atoms. The first kappa shape index (κ1) is 21.7. The Labute approximate surface area is 171 Å². The van der Waals surface area contributed by atoms with E-state index in [9.17, 15) is 23.1 Å². The molecular weight excluding hydrogens is 396 g/mol. The van der Waals surface area contributed by atoms with Crippen LogP contribution in [-0.4, -0.2) is 60.5 Å². The highest BCUT2D eigenvalue weighted by Crippen LogP contribution is 2.29. The molecule has 2 aliphatic rings. The molecule has 3 rings (SSSR count). The second kappa shape index (κ2) is 8.41. The van der Waals surface area contributed by atoms with E-state index < -0.39 is 27.4 Å². The maximum atomic E-state index is 13.1. The van der Waals surface area contributed by atoms with Crippen molar-refractivity contribution in [2.45, 2.75) is 68.6 Å². The number of carboxylic acid groups (broad SMARTS) is 1. The van der Waals surface area contributed by atoms with Gasteiger partial charge >= 0.3 is 5.97 Å². The van der Waals surface area contributed by atoms with Crippen molar-refractivity contribution in [1.82, 2.24) is 9.62 Å². The molecule has 2 fully saturated rings. The van der Waals surface area contributed by atoms with E-state index >= 15 is 0 Å². The van der Waals surface area contributed by atoms with E-state index in [0.717, 1.165) is 19.3 Å². The molecule has 1 aliphatic carbocycles. The number of hydrogen-bond acceptors (Lipinski definition) is 5. The number of hydrogen-bond donors (Lipinski definition) is 2. The van der Waals surface area contributed by atoms with Crippen LogP contribution in [0.3, 0.4) is 0 Å². The average Bonchev–Trinajstić information content (AvgIpc) is 2.68. The van der Waals surface area contributed by atoms with Gasteiger partial charge in [-0.05, 0) is 44.9 Å². The highest BCUT2D eigenvalue weighted by Gasteiger charge is 2.41. The molecule has 0 aromatic heterocycles. The zero-order valence-corrected chi connectivity index (χ0v) is 17.6. The Balaban J connectivity index is 1.83. The number of carbonyl (C=O) groups excluding carboxylic acids is 1. The van der Waals surface area contributed by atoms with Gasteiger partial charge in [-0.15, -0.1) is 0 Å². The molecular formula is C20H28N2O6S. The van der Waals surface area contributed by atoms with Gasteiger partial charge in [-0.25, -0.2) is 13.2 Å². The third-order valence-corrected chi connectivity index (χ3v) is 7.42. The third kappa shape index (κ3) is 4.62. The Bertz CT molecular complexity index is 869. The summed E-state index contributed by atoms with van der Waals surface area (Å²) in [5, 5.41) is 12.3. The predicted molar refractivity (Wildman–Crippen MR) is 106 cm³/mol. The van der Waals surface area contributed by atoms with Crippen molar-refractivity contribution < 1.29 is 27.9 Å². The SMILES string of the molecule is C[C@@H]1CN(S(=O)(=O)c2cccc(C(=O)NC3(C(=O)O)CCCCC3)c2)C[C@@H](C)O1. The largest absolute Gasteiger partial charge is 0.480 e. The zero-order valence-electron chi connectivity index (χ0n) is 16.8. The highest BCUT2D eigenvalue weighted by atomic mass is 32.2. The topological polar surface area (TPSA) is 113 Å². The summed E-state index contributed by atoms with van der Waals surface area (Å²) in [4.78, 5) is 24.6. The molecule has 160 valence electrons. The smallest absolute Gasteiger partial charge is 0.329 e. The molecule has 2 N–H and O–H groups in total. The van der Waals surface area contributed by atoms with Crippen molar-refractivity contribution in [2.24, 2.45) is 0 Å². The highest BCUT2D eigenvalue weighted by molar-refractivity contribution is 7.89. The lowest BCUT2D eigenvalue weighted by Crippen LogP contribution is -2.55. The first-order valence-electron chi connectivity index (χ1n) is 9.96. The standard InChI is InChI=1S/C20H28N2O6S/c1-14-12-22(13-15(2)28-14)29(26,27)17-8-6-7-16(11-17)18(23)21-20(19(24)25)9-4-3-5-10-20/h6-8,11,14-15H,3-5,9-10,12-13H2,1-2H3,(H,21,23)(H,24,25)/t14-,15-/m1/s1. The van der Waals surface area contributed by atoms with Crippen LogP contribution in [-0.2, 0) is 19.6 Å². The van der Waals surface area contributed by atoms with Crippen molar-refractivity contribution in [3.63, 3.8) is 0 Å². The Kier molecular flexibility index (Phi) is 6.30. The fraction of sp³-hybridized carbons (Fsp3) is 0.600. The first-order valence-corrected chi connectivity index (χ1v) is 11.4.